The molecule has 16 heavy (non-hydrogen) atoms. The highest BCUT2D eigenvalue weighted by atomic mass is 16.1. The van der Waals surface area contributed by atoms with Crippen molar-refractivity contribution in [3.8, 4) is 0 Å². The Balaban J connectivity index is 2.22. The number of fused-ring (bicyclic) bond motifs is 3. The van der Waals surface area contributed by atoms with Crippen LogP contribution in [0.3, 0.4) is 0 Å². The van der Waals surface area contributed by atoms with E-state index in [-0.39, 0.29) is 0 Å². The van der Waals surface area contributed by atoms with Gasteiger partial charge in [-0.25, -0.2) is 0 Å². The van der Waals surface area contributed by atoms with Gasteiger partial charge in [0.05, 0.1) is 11.3 Å². The fourth-order valence-electron chi connectivity index (χ4n) is 2.76. The van der Waals surface area contributed by atoms with E-state index in [2.05, 4.69) is 29.4 Å². The summed E-state index contributed by atoms with van der Waals surface area (Å²) in [5.41, 5.74) is 4.43. The molecule has 3 nitrogen and oxygen atoms in total. The Morgan fingerprint density at radius 2 is 2.19 bits per heavy atom. The zero-order chi connectivity index (χ0) is 11.1. The number of ketones is 1. The van der Waals surface area contributed by atoms with Gasteiger partial charge in [0.15, 0.2) is 5.78 Å². The summed E-state index contributed by atoms with van der Waals surface area (Å²) in [4.78, 5) is 14.3. The largest absolute Gasteiger partial charge is 0.384 e. The second-order valence-electron chi connectivity index (χ2n) is 4.62. The van der Waals surface area contributed by atoms with E-state index in [9.17, 15) is 4.79 Å². The van der Waals surface area contributed by atoms with Crippen LogP contribution in [0.2, 0.25) is 0 Å². The molecule has 0 aromatic heterocycles. The van der Waals surface area contributed by atoms with Gasteiger partial charge in [0.1, 0.15) is 0 Å². The van der Waals surface area contributed by atoms with Gasteiger partial charge >= 0.3 is 0 Å². The molecular formula is C13H16N2O. The van der Waals surface area contributed by atoms with E-state index in [1.165, 1.54) is 17.7 Å². The Bertz CT molecular complexity index is 453. The average Bonchev–Trinajstić information content (AvgIpc) is 2.29. The number of carbonyl (C=O) groups is 1. The van der Waals surface area contributed by atoms with Crippen LogP contribution < -0.4 is 10.2 Å². The molecule has 0 bridgehead atoms. The summed E-state index contributed by atoms with van der Waals surface area (Å²) in [6.07, 6.45) is 2.90. The molecule has 0 spiro atoms. The lowest BCUT2D eigenvalue weighted by molar-refractivity contribution is 0.0984. The molecule has 3 heteroatoms. The predicted octanol–water partition coefficient (Wildman–Crippen LogP) is 2.07. The molecule has 0 aliphatic carbocycles. The second kappa shape index (κ2) is 3.51. The minimum absolute atomic E-state index is 0.291. The third-order valence-corrected chi connectivity index (χ3v) is 3.53. The van der Waals surface area contributed by atoms with Crippen molar-refractivity contribution in [3.05, 3.63) is 23.3 Å². The third-order valence-electron chi connectivity index (χ3n) is 3.53. The highest BCUT2D eigenvalue weighted by Gasteiger charge is 2.26. The molecule has 2 aliphatic heterocycles. The minimum atomic E-state index is 0.291. The molecule has 1 aromatic rings. The maximum Gasteiger partial charge on any atom is 0.168 e. The number of nitrogens with zero attached hydrogens (tertiary/aromatic N) is 1. The van der Waals surface area contributed by atoms with Gasteiger partial charge in [-0.1, -0.05) is 6.07 Å². The van der Waals surface area contributed by atoms with Crippen molar-refractivity contribution in [2.75, 3.05) is 30.4 Å². The summed E-state index contributed by atoms with van der Waals surface area (Å²) in [5, 5.41) is 3.32. The molecule has 0 fully saturated rings. The molecule has 0 unspecified atom stereocenters. The van der Waals surface area contributed by atoms with E-state index in [0.29, 0.717) is 12.2 Å². The summed E-state index contributed by atoms with van der Waals surface area (Å²) >= 11 is 0. The van der Waals surface area contributed by atoms with Crippen LogP contribution in [0.5, 0.6) is 0 Å². The van der Waals surface area contributed by atoms with E-state index < -0.39 is 0 Å². The molecule has 84 valence electrons. The Kier molecular flexibility index (Phi) is 2.13. The van der Waals surface area contributed by atoms with Crippen LogP contribution in [-0.2, 0) is 6.42 Å². The topological polar surface area (TPSA) is 32.3 Å². The Morgan fingerprint density at radius 3 is 3.06 bits per heavy atom. The van der Waals surface area contributed by atoms with Crippen molar-refractivity contribution < 1.29 is 4.79 Å². The molecule has 0 saturated carbocycles. The second-order valence-corrected chi connectivity index (χ2v) is 4.62. The molecule has 1 N–H and O–H groups in total. The first-order chi connectivity index (χ1) is 7.77. The van der Waals surface area contributed by atoms with Crippen molar-refractivity contribution in [2.45, 2.75) is 19.3 Å². The summed E-state index contributed by atoms with van der Waals surface area (Å²) in [6.45, 7) is 1.82. The van der Waals surface area contributed by atoms with Gasteiger partial charge in [-0.05, 0) is 24.5 Å². The van der Waals surface area contributed by atoms with E-state index >= 15 is 0 Å². The lowest BCUT2D eigenvalue weighted by atomic mass is 9.92. The molecule has 0 amide bonds. The van der Waals surface area contributed by atoms with Gasteiger partial charge in [0.25, 0.3) is 0 Å². The summed E-state index contributed by atoms with van der Waals surface area (Å²) in [6, 6.07) is 4.22. The Hall–Kier alpha value is -1.51. The number of aryl methyl sites for hydroxylation is 1. The number of carbonyl (C=O) groups excluding carboxylic acids is 1. The monoisotopic (exact) mass is 216 g/mol. The lowest BCUT2D eigenvalue weighted by Gasteiger charge is -2.32. The van der Waals surface area contributed by atoms with Crippen molar-refractivity contribution >= 4 is 17.2 Å². The zero-order valence-corrected chi connectivity index (χ0v) is 9.55. The molecule has 1 aromatic carbocycles. The van der Waals surface area contributed by atoms with Crippen LogP contribution in [-0.4, -0.2) is 25.9 Å². The fraction of sp³-hybridized carbons (Fsp3) is 0.462. The van der Waals surface area contributed by atoms with Gasteiger partial charge in [0, 0.05) is 32.2 Å². The highest BCUT2D eigenvalue weighted by Crippen LogP contribution is 2.37. The first kappa shape index (κ1) is 9.70. The van der Waals surface area contributed by atoms with Crippen molar-refractivity contribution in [2.24, 2.45) is 0 Å². The molecule has 0 radical (unpaired) electrons. The summed E-state index contributed by atoms with van der Waals surface area (Å²) in [5.74, 6) is 0.291. The number of anilines is 2. The number of hydrogen-bond donors (Lipinski definition) is 1. The maximum atomic E-state index is 12.0. The fourth-order valence-corrected chi connectivity index (χ4v) is 2.76. The molecule has 0 atom stereocenters. The Morgan fingerprint density at radius 1 is 1.31 bits per heavy atom. The van der Waals surface area contributed by atoms with Crippen molar-refractivity contribution in [1.29, 1.82) is 0 Å². The van der Waals surface area contributed by atoms with Gasteiger partial charge in [-0.3, -0.25) is 4.79 Å². The smallest absolute Gasteiger partial charge is 0.168 e. The summed E-state index contributed by atoms with van der Waals surface area (Å²) in [7, 11) is 2.08. The quantitative estimate of drug-likeness (QED) is 0.720. The van der Waals surface area contributed by atoms with Crippen LogP contribution in [0, 0.1) is 0 Å². The number of benzene rings is 1. The van der Waals surface area contributed by atoms with E-state index in [1.54, 1.807) is 0 Å². The molecule has 2 aliphatic rings. The SMILES string of the molecule is CN1CCCc2ccc3c(c21)C(=O)CCN3. The number of hydrogen-bond acceptors (Lipinski definition) is 3. The van der Waals surface area contributed by atoms with E-state index in [0.717, 1.165) is 30.8 Å². The van der Waals surface area contributed by atoms with Crippen LogP contribution in [0.1, 0.15) is 28.8 Å². The molecule has 2 heterocycles. The zero-order valence-electron chi connectivity index (χ0n) is 9.55. The highest BCUT2D eigenvalue weighted by molar-refractivity contribution is 6.08. The van der Waals surface area contributed by atoms with E-state index in [1.807, 2.05) is 0 Å². The van der Waals surface area contributed by atoms with Crippen molar-refractivity contribution in [1.82, 2.24) is 0 Å². The van der Waals surface area contributed by atoms with Crippen LogP contribution in [0.15, 0.2) is 12.1 Å². The first-order valence-corrected chi connectivity index (χ1v) is 5.91. The lowest BCUT2D eigenvalue weighted by Crippen LogP contribution is -2.29. The molecule has 3 rings (SSSR count). The van der Waals surface area contributed by atoms with Crippen LogP contribution >= 0.6 is 0 Å². The maximum absolute atomic E-state index is 12.0. The molecular weight excluding hydrogens is 200 g/mol. The minimum Gasteiger partial charge on any atom is -0.384 e. The van der Waals surface area contributed by atoms with Crippen molar-refractivity contribution in [3.63, 3.8) is 0 Å². The molecule has 0 saturated heterocycles. The summed E-state index contributed by atoms with van der Waals surface area (Å²) < 4.78 is 0. The van der Waals surface area contributed by atoms with Gasteiger partial charge in [-0.15, -0.1) is 0 Å². The average molecular weight is 216 g/mol. The van der Waals surface area contributed by atoms with Gasteiger partial charge < -0.3 is 10.2 Å². The first-order valence-electron chi connectivity index (χ1n) is 5.91. The van der Waals surface area contributed by atoms with Crippen LogP contribution in [0.4, 0.5) is 11.4 Å². The third kappa shape index (κ3) is 1.31. The van der Waals surface area contributed by atoms with Crippen LogP contribution in [0.25, 0.3) is 0 Å². The standard InChI is InChI=1S/C13H16N2O/c1-15-8-2-3-9-4-5-10-12(13(9)15)11(16)6-7-14-10/h4-5,14H,2-3,6-8H2,1H3. The van der Waals surface area contributed by atoms with Gasteiger partial charge in [-0.2, -0.15) is 0 Å². The number of nitrogens with one attached hydrogen (secondary N) is 1. The Labute approximate surface area is 95.4 Å². The van der Waals surface area contributed by atoms with Gasteiger partial charge in [0.2, 0.25) is 0 Å². The predicted molar refractivity (Wildman–Crippen MR) is 65.5 cm³/mol. The number of rotatable bonds is 0. The number of Topliss-reactive ketones (excluding diaryl/α,β-unsaturated/α-hetero) is 1. The normalized spacial score (nSPS) is 18.8. The van der Waals surface area contributed by atoms with E-state index in [4.69, 9.17) is 0 Å².